The SMILES string of the molecule is CCc1nn(CC)c(CNCCCC(C)CCl)c1Br. The van der Waals surface area contributed by atoms with Crippen molar-refractivity contribution in [2.45, 2.75) is 53.1 Å². The Balaban J connectivity index is 2.42. The van der Waals surface area contributed by atoms with Gasteiger partial charge in [-0.2, -0.15) is 5.10 Å². The molecule has 19 heavy (non-hydrogen) atoms. The van der Waals surface area contributed by atoms with Crippen LogP contribution < -0.4 is 5.32 Å². The summed E-state index contributed by atoms with van der Waals surface area (Å²) in [4.78, 5) is 0. The summed E-state index contributed by atoms with van der Waals surface area (Å²) in [5.41, 5.74) is 2.40. The topological polar surface area (TPSA) is 29.9 Å². The maximum Gasteiger partial charge on any atom is 0.0767 e. The average Bonchev–Trinajstić information content (AvgIpc) is 2.74. The van der Waals surface area contributed by atoms with Crippen LogP contribution >= 0.6 is 27.5 Å². The lowest BCUT2D eigenvalue weighted by atomic mass is 10.1. The fraction of sp³-hybridized carbons (Fsp3) is 0.786. The molecule has 0 aromatic carbocycles. The number of alkyl halides is 1. The smallest absolute Gasteiger partial charge is 0.0767 e. The van der Waals surface area contributed by atoms with Gasteiger partial charge in [-0.3, -0.25) is 4.68 Å². The number of nitrogens with one attached hydrogen (secondary N) is 1. The van der Waals surface area contributed by atoms with Gasteiger partial charge < -0.3 is 5.32 Å². The number of aryl methyl sites for hydroxylation is 2. The van der Waals surface area contributed by atoms with Gasteiger partial charge in [0.1, 0.15) is 0 Å². The molecular formula is C14H25BrClN3. The van der Waals surface area contributed by atoms with Crippen molar-refractivity contribution in [3.63, 3.8) is 0 Å². The standard InChI is InChI=1S/C14H25BrClN3/c1-4-12-14(15)13(19(5-2)18-12)10-17-8-6-7-11(3)9-16/h11,17H,4-10H2,1-3H3. The van der Waals surface area contributed by atoms with Crippen molar-refractivity contribution in [2.24, 2.45) is 5.92 Å². The minimum Gasteiger partial charge on any atom is -0.311 e. The van der Waals surface area contributed by atoms with E-state index < -0.39 is 0 Å². The van der Waals surface area contributed by atoms with Crippen LogP contribution in [0.5, 0.6) is 0 Å². The zero-order chi connectivity index (χ0) is 14.3. The van der Waals surface area contributed by atoms with Crippen LogP contribution in [0.1, 0.15) is 45.0 Å². The van der Waals surface area contributed by atoms with Crippen molar-refractivity contribution in [3.8, 4) is 0 Å². The first kappa shape index (κ1) is 17.0. The number of halogens is 2. The van der Waals surface area contributed by atoms with Crippen LogP contribution in [0.25, 0.3) is 0 Å². The normalized spacial score (nSPS) is 12.9. The molecule has 0 fully saturated rings. The molecule has 110 valence electrons. The summed E-state index contributed by atoms with van der Waals surface area (Å²) in [7, 11) is 0. The molecule has 3 nitrogen and oxygen atoms in total. The second-order valence-electron chi connectivity index (χ2n) is 4.96. The minimum absolute atomic E-state index is 0.614. The Morgan fingerprint density at radius 1 is 1.42 bits per heavy atom. The molecule has 0 aliphatic carbocycles. The van der Waals surface area contributed by atoms with Gasteiger partial charge in [0.25, 0.3) is 0 Å². The van der Waals surface area contributed by atoms with E-state index in [1.807, 2.05) is 0 Å². The summed E-state index contributed by atoms with van der Waals surface area (Å²) >= 11 is 9.47. The molecule has 1 aromatic rings. The molecule has 0 bridgehead atoms. The molecular weight excluding hydrogens is 326 g/mol. The minimum atomic E-state index is 0.614. The molecule has 0 aliphatic heterocycles. The zero-order valence-electron chi connectivity index (χ0n) is 12.2. The number of hydrogen-bond donors (Lipinski definition) is 1. The van der Waals surface area contributed by atoms with Gasteiger partial charge in [-0.25, -0.2) is 0 Å². The van der Waals surface area contributed by atoms with Gasteiger partial charge in [0.05, 0.1) is 15.9 Å². The predicted molar refractivity (Wildman–Crippen MR) is 85.8 cm³/mol. The highest BCUT2D eigenvalue weighted by molar-refractivity contribution is 9.10. The molecule has 0 saturated carbocycles. The quantitative estimate of drug-likeness (QED) is 0.539. The molecule has 0 aliphatic rings. The predicted octanol–water partition coefficient (Wildman–Crippen LogP) is 3.97. The second-order valence-corrected chi connectivity index (χ2v) is 6.06. The van der Waals surface area contributed by atoms with E-state index in [4.69, 9.17) is 11.6 Å². The van der Waals surface area contributed by atoms with Crippen LogP contribution in [0.4, 0.5) is 0 Å². The third-order valence-corrected chi connectivity index (χ3v) is 4.74. The van der Waals surface area contributed by atoms with E-state index in [2.05, 4.69) is 51.8 Å². The van der Waals surface area contributed by atoms with Gasteiger partial charge >= 0.3 is 0 Å². The Morgan fingerprint density at radius 3 is 2.74 bits per heavy atom. The summed E-state index contributed by atoms with van der Waals surface area (Å²) < 4.78 is 3.25. The molecule has 1 heterocycles. The molecule has 0 amide bonds. The Kier molecular flexibility index (Phi) is 8.03. The van der Waals surface area contributed by atoms with Crippen LogP contribution in [0.15, 0.2) is 4.47 Å². The number of nitrogens with zero attached hydrogens (tertiary/aromatic N) is 2. The van der Waals surface area contributed by atoms with E-state index in [9.17, 15) is 0 Å². The highest BCUT2D eigenvalue weighted by Crippen LogP contribution is 2.22. The van der Waals surface area contributed by atoms with Gasteiger partial charge in [-0.05, 0) is 54.6 Å². The first-order valence-electron chi connectivity index (χ1n) is 7.14. The van der Waals surface area contributed by atoms with Crippen LogP contribution in [0.3, 0.4) is 0 Å². The van der Waals surface area contributed by atoms with E-state index in [-0.39, 0.29) is 0 Å². The average molecular weight is 351 g/mol. The third-order valence-electron chi connectivity index (χ3n) is 3.30. The van der Waals surface area contributed by atoms with E-state index in [0.717, 1.165) is 37.6 Å². The summed E-state index contributed by atoms with van der Waals surface area (Å²) in [6, 6.07) is 0. The lowest BCUT2D eigenvalue weighted by molar-refractivity contribution is 0.518. The highest BCUT2D eigenvalue weighted by atomic mass is 79.9. The Bertz CT molecular complexity index is 379. The summed E-state index contributed by atoms with van der Waals surface area (Å²) in [5, 5.41) is 8.10. The van der Waals surface area contributed by atoms with Crippen LogP contribution in [0, 0.1) is 5.92 Å². The number of rotatable bonds is 9. The highest BCUT2D eigenvalue weighted by Gasteiger charge is 2.12. The van der Waals surface area contributed by atoms with E-state index in [1.165, 1.54) is 23.0 Å². The van der Waals surface area contributed by atoms with Crippen molar-refractivity contribution in [2.75, 3.05) is 12.4 Å². The molecule has 1 N–H and O–H groups in total. The lowest BCUT2D eigenvalue weighted by Crippen LogP contribution is -2.18. The zero-order valence-corrected chi connectivity index (χ0v) is 14.5. The molecule has 0 spiro atoms. The Labute approximate surface area is 130 Å². The molecule has 1 atom stereocenters. The molecule has 1 unspecified atom stereocenters. The summed E-state index contributed by atoms with van der Waals surface area (Å²) in [5.74, 6) is 1.37. The molecule has 0 saturated heterocycles. The Morgan fingerprint density at radius 2 is 2.16 bits per heavy atom. The van der Waals surface area contributed by atoms with Crippen LogP contribution in [-0.2, 0) is 19.5 Å². The van der Waals surface area contributed by atoms with E-state index >= 15 is 0 Å². The molecule has 5 heteroatoms. The molecule has 1 rings (SSSR count). The van der Waals surface area contributed by atoms with Crippen molar-refractivity contribution in [1.82, 2.24) is 15.1 Å². The number of aromatic nitrogens is 2. The first-order valence-corrected chi connectivity index (χ1v) is 8.47. The monoisotopic (exact) mass is 349 g/mol. The lowest BCUT2D eigenvalue weighted by Gasteiger charge is -2.09. The van der Waals surface area contributed by atoms with Gasteiger partial charge in [-0.15, -0.1) is 11.6 Å². The molecule has 0 radical (unpaired) electrons. The maximum absolute atomic E-state index is 5.80. The van der Waals surface area contributed by atoms with E-state index in [0.29, 0.717) is 5.92 Å². The maximum atomic E-state index is 5.80. The fourth-order valence-electron chi connectivity index (χ4n) is 2.05. The summed E-state index contributed by atoms with van der Waals surface area (Å²) in [6.07, 6.45) is 3.32. The second kappa shape index (κ2) is 8.98. The summed E-state index contributed by atoms with van der Waals surface area (Å²) in [6.45, 7) is 9.28. The van der Waals surface area contributed by atoms with Crippen molar-refractivity contribution < 1.29 is 0 Å². The fourth-order valence-corrected chi connectivity index (χ4v) is 2.90. The first-order chi connectivity index (χ1) is 9.13. The molecule has 1 aromatic heterocycles. The van der Waals surface area contributed by atoms with Crippen LogP contribution in [0.2, 0.25) is 0 Å². The Hall–Kier alpha value is -0.0600. The number of hydrogen-bond acceptors (Lipinski definition) is 2. The van der Waals surface area contributed by atoms with Gasteiger partial charge in [0.15, 0.2) is 0 Å². The van der Waals surface area contributed by atoms with E-state index in [1.54, 1.807) is 0 Å². The van der Waals surface area contributed by atoms with Crippen molar-refractivity contribution in [3.05, 3.63) is 15.9 Å². The largest absolute Gasteiger partial charge is 0.311 e. The van der Waals surface area contributed by atoms with Gasteiger partial charge in [0, 0.05) is 19.0 Å². The van der Waals surface area contributed by atoms with Crippen molar-refractivity contribution in [1.29, 1.82) is 0 Å². The third kappa shape index (κ3) is 5.09. The van der Waals surface area contributed by atoms with Gasteiger partial charge in [-0.1, -0.05) is 13.8 Å². The van der Waals surface area contributed by atoms with Crippen LogP contribution in [-0.4, -0.2) is 22.2 Å². The van der Waals surface area contributed by atoms with Gasteiger partial charge in [0.2, 0.25) is 0 Å². The van der Waals surface area contributed by atoms with Crippen molar-refractivity contribution >= 4 is 27.5 Å².